The van der Waals surface area contributed by atoms with Gasteiger partial charge in [0.1, 0.15) is 0 Å². The van der Waals surface area contributed by atoms with E-state index in [0.29, 0.717) is 17.3 Å². The minimum atomic E-state index is -1.22. The van der Waals surface area contributed by atoms with E-state index in [9.17, 15) is 19.8 Å². The summed E-state index contributed by atoms with van der Waals surface area (Å²) in [4.78, 5) is 22.7. The lowest BCUT2D eigenvalue weighted by molar-refractivity contribution is 0.0651. The SMILES string of the molecule is O=C(O)c1cn2c(c1C(=O)O)C(c1ccc(Cl)cc1)CC2. The first-order valence-corrected chi connectivity index (χ1v) is 6.82. The highest BCUT2D eigenvalue weighted by Gasteiger charge is 2.34. The number of nitrogens with zero attached hydrogens (tertiary/aromatic N) is 1. The second-order valence-electron chi connectivity index (χ2n) is 5.00. The van der Waals surface area contributed by atoms with Gasteiger partial charge in [-0.2, -0.15) is 0 Å². The van der Waals surface area contributed by atoms with Crippen LogP contribution in [0, 0.1) is 0 Å². The van der Waals surface area contributed by atoms with Crippen LogP contribution in [0.3, 0.4) is 0 Å². The van der Waals surface area contributed by atoms with Crippen molar-refractivity contribution in [1.82, 2.24) is 4.57 Å². The van der Waals surface area contributed by atoms with E-state index in [1.807, 2.05) is 12.1 Å². The van der Waals surface area contributed by atoms with Crippen molar-refractivity contribution < 1.29 is 19.8 Å². The van der Waals surface area contributed by atoms with E-state index in [-0.39, 0.29) is 17.0 Å². The van der Waals surface area contributed by atoms with E-state index in [2.05, 4.69) is 0 Å². The maximum atomic E-state index is 11.5. The van der Waals surface area contributed by atoms with Crippen molar-refractivity contribution in [2.75, 3.05) is 0 Å². The third-order valence-electron chi connectivity index (χ3n) is 3.83. The molecule has 2 heterocycles. The Kier molecular flexibility index (Phi) is 3.22. The van der Waals surface area contributed by atoms with Crippen LogP contribution in [-0.2, 0) is 6.54 Å². The van der Waals surface area contributed by atoms with Crippen molar-refractivity contribution in [2.24, 2.45) is 0 Å². The number of benzene rings is 1. The monoisotopic (exact) mass is 305 g/mol. The summed E-state index contributed by atoms with van der Waals surface area (Å²) < 4.78 is 1.73. The molecular formula is C15H12ClNO4. The topological polar surface area (TPSA) is 79.5 Å². The molecule has 1 atom stereocenters. The fourth-order valence-corrected chi connectivity index (χ4v) is 3.07. The molecule has 1 aromatic carbocycles. The third-order valence-corrected chi connectivity index (χ3v) is 4.08. The predicted molar refractivity (Wildman–Crippen MR) is 76.3 cm³/mol. The maximum Gasteiger partial charge on any atom is 0.338 e. The fraction of sp³-hybridized carbons (Fsp3) is 0.200. The van der Waals surface area contributed by atoms with Gasteiger partial charge in [0.05, 0.1) is 11.1 Å². The highest BCUT2D eigenvalue weighted by atomic mass is 35.5. The molecule has 3 rings (SSSR count). The van der Waals surface area contributed by atoms with Gasteiger partial charge in [0.15, 0.2) is 0 Å². The quantitative estimate of drug-likeness (QED) is 0.913. The molecule has 0 spiro atoms. The summed E-state index contributed by atoms with van der Waals surface area (Å²) in [6, 6.07) is 7.20. The number of fused-ring (bicyclic) bond motifs is 1. The van der Waals surface area contributed by atoms with Gasteiger partial charge in [0.2, 0.25) is 0 Å². The number of hydrogen-bond acceptors (Lipinski definition) is 2. The Morgan fingerprint density at radius 3 is 2.38 bits per heavy atom. The molecule has 0 fully saturated rings. The predicted octanol–water partition coefficient (Wildman–Crippen LogP) is 3.07. The highest BCUT2D eigenvalue weighted by molar-refractivity contribution is 6.30. The van der Waals surface area contributed by atoms with Crippen molar-refractivity contribution in [2.45, 2.75) is 18.9 Å². The molecule has 0 saturated heterocycles. The zero-order valence-electron chi connectivity index (χ0n) is 10.9. The van der Waals surface area contributed by atoms with Crippen molar-refractivity contribution in [1.29, 1.82) is 0 Å². The Bertz CT molecular complexity index is 733. The van der Waals surface area contributed by atoms with Crippen LogP contribution < -0.4 is 0 Å². The summed E-state index contributed by atoms with van der Waals surface area (Å²) in [7, 11) is 0. The van der Waals surface area contributed by atoms with Gasteiger partial charge in [0.25, 0.3) is 0 Å². The molecule has 1 aliphatic heterocycles. The lowest BCUT2D eigenvalue weighted by Gasteiger charge is -2.12. The number of halogens is 1. The van der Waals surface area contributed by atoms with Crippen molar-refractivity contribution in [3.63, 3.8) is 0 Å². The maximum absolute atomic E-state index is 11.5. The lowest BCUT2D eigenvalue weighted by atomic mass is 9.91. The minimum Gasteiger partial charge on any atom is -0.478 e. The standard InChI is InChI=1S/C15H12ClNO4/c16-9-3-1-8(2-4-9)10-5-6-17-7-11(14(18)19)12(13(10)17)15(20)21/h1-4,7,10H,5-6H2,(H,18,19)(H,20,21). The Morgan fingerprint density at radius 2 is 1.81 bits per heavy atom. The Labute approximate surface area is 125 Å². The van der Waals surface area contributed by atoms with Gasteiger partial charge >= 0.3 is 11.9 Å². The van der Waals surface area contributed by atoms with Crippen LogP contribution in [0.1, 0.15) is 44.3 Å². The molecular weight excluding hydrogens is 294 g/mol. The summed E-state index contributed by atoms with van der Waals surface area (Å²) in [5, 5.41) is 19.2. The van der Waals surface area contributed by atoms with E-state index in [1.165, 1.54) is 6.20 Å². The average molecular weight is 306 g/mol. The number of hydrogen-bond donors (Lipinski definition) is 2. The summed E-state index contributed by atoms with van der Waals surface area (Å²) >= 11 is 5.87. The molecule has 2 N–H and O–H groups in total. The normalized spacial score (nSPS) is 16.7. The molecule has 0 bridgehead atoms. The van der Waals surface area contributed by atoms with E-state index in [1.54, 1.807) is 16.7 Å². The number of aryl methyl sites for hydroxylation is 1. The fourth-order valence-electron chi connectivity index (χ4n) is 2.94. The number of carboxylic acids is 2. The zero-order chi connectivity index (χ0) is 15.1. The smallest absolute Gasteiger partial charge is 0.338 e. The van der Waals surface area contributed by atoms with E-state index >= 15 is 0 Å². The van der Waals surface area contributed by atoms with E-state index in [4.69, 9.17) is 11.6 Å². The van der Waals surface area contributed by atoms with Crippen LogP contribution in [0.5, 0.6) is 0 Å². The molecule has 1 aromatic heterocycles. The van der Waals surface area contributed by atoms with Gasteiger partial charge < -0.3 is 14.8 Å². The Morgan fingerprint density at radius 1 is 1.14 bits per heavy atom. The summed E-state index contributed by atoms with van der Waals surface area (Å²) in [6.07, 6.45) is 2.16. The molecule has 6 heteroatoms. The molecule has 108 valence electrons. The van der Waals surface area contributed by atoms with Crippen LogP contribution in [0.25, 0.3) is 0 Å². The van der Waals surface area contributed by atoms with Crippen LogP contribution in [0.4, 0.5) is 0 Å². The zero-order valence-corrected chi connectivity index (χ0v) is 11.7. The minimum absolute atomic E-state index is 0.111. The molecule has 0 aliphatic carbocycles. The Balaban J connectivity index is 2.14. The van der Waals surface area contributed by atoms with Gasteiger partial charge in [-0.3, -0.25) is 0 Å². The molecule has 0 radical (unpaired) electrons. The van der Waals surface area contributed by atoms with E-state index in [0.717, 1.165) is 12.0 Å². The molecule has 0 saturated carbocycles. The van der Waals surface area contributed by atoms with Crippen LogP contribution in [0.15, 0.2) is 30.5 Å². The van der Waals surface area contributed by atoms with Crippen molar-refractivity contribution in [3.05, 3.63) is 57.9 Å². The number of carboxylic acid groups (broad SMARTS) is 2. The molecule has 1 unspecified atom stereocenters. The largest absolute Gasteiger partial charge is 0.478 e. The van der Waals surface area contributed by atoms with Gasteiger partial charge in [0, 0.05) is 29.4 Å². The summed E-state index contributed by atoms with van der Waals surface area (Å²) in [6.45, 7) is 0.607. The molecule has 2 aromatic rings. The molecule has 0 amide bonds. The highest BCUT2D eigenvalue weighted by Crippen LogP contribution is 2.39. The number of aromatic nitrogens is 1. The number of rotatable bonds is 3. The summed E-state index contributed by atoms with van der Waals surface area (Å²) in [5.41, 5.74) is 1.23. The van der Waals surface area contributed by atoms with Gasteiger partial charge in [-0.05, 0) is 24.1 Å². The first-order valence-electron chi connectivity index (χ1n) is 6.44. The first-order chi connectivity index (χ1) is 9.99. The van der Waals surface area contributed by atoms with Gasteiger partial charge in [-0.1, -0.05) is 23.7 Å². The lowest BCUT2D eigenvalue weighted by Crippen LogP contribution is -2.09. The second-order valence-corrected chi connectivity index (χ2v) is 5.44. The van der Waals surface area contributed by atoms with Crippen molar-refractivity contribution in [3.8, 4) is 0 Å². The van der Waals surface area contributed by atoms with Gasteiger partial charge in [-0.15, -0.1) is 0 Å². The molecule has 21 heavy (non-hydrogen) atoms. The Hall–Kier alpha value is -2.27. The third kappa shape index (κ3) is 2.19. The van der Waals surface area contributed by atoms with Crippen molar-refractivity contribution >= 4 is 23.5 Å². The van der Waals surface area contributed by atoms with Crippen LogP contribution >= 0.6 is 11.6 Å². The van der Waals surface area contributed by atoms with E-state index < -0.39 is 11.9 Å². The first kappa shape index (κ1) is 13.7. The molecule has 5 nitrogen and oxygen atoms in total. The van der Waals surface area contributed by atoms with Crippen LogP contribution in [0.2, 0.25) is 5.02 Å². The number of aromatic carboxylic acids is 2. The second kappa shape index (κ2) is 4.93. The number of carbonyl (C=O) groups is 2. The summed E-state index contributed by atoms with van der Waals surface area (Å²) in [5.74, 6) is -2.55. The van der Waals surface area contributed by atoms with Crippen LogP contribution in [-0.4, -0.2) is 26.7 Å². The van der Waals surface area contributed by atoms with Gasteiger partial charge in [-0.25, -0.2) is 9.59 Å². The molecule has 1 aliphatic rings. The average Bonchev–Trinajstić information content (AvgIpc) is 2.97.